The molecule has 0 unspecified atom stereocenters. The molecule has 0 spiro atoms. The molecule has 4 atom stereocenters. The molecule has 1 saturated heterocycles. The standard InChI is InChI=1S/C10H12ClN3O6/c11-4-1-14(9(19)5(13-4)8(12)18)10-7(17)6(16)3(2-15)20-10/h1,3,6-7,10,15-17H,2H2,(H2,12,18)/t3-,6+,7+,10-/m1/s1. The maximum atomic E-state index is 12.0. The van der Waals surface area contributed by atoms with Crippen molar-refractivity contribution >= 4 is 17.5 Å². The minimum atomic E-state index is -1.48. The van der Waals surface area contributed by atoms with Crippen molar-refractivity contribution in [2.45, 2.75) is 24.5 Å². The van der Waals surface area contributed by atoms with Crippen LogP contribution in [0.4, 0.5) is 0 Å². The molecule has 1 fully saturated rings. The molecular formula is C10H12ClN3O6. The Morgan fingerprint density at radius 1 is 1.50 bits per heavy atom. The number of primary amides is 1. The maximum Gasteiger partial charge on any atom is 0.284 e. The van der Waals surface area contributed by atoms with E-state index in [0.29, 0.717) is 0 Å². The Balaban J connectivity index is 2.49. The van der Waals surface area contributed by atoms with Gasteiger partial charge in [-0.25, -0.2) is 4.98 Å². The van der Waals surface area contributed by atoms with E-state index in [1.807, 2.05) is 0 Å². The number of hydrogen-bond acceptors (Lipinski definition) is 7. The third kappa shape index (κ3) is 2.41. The second-order valence-electron chi connectivity index (χ2n) is 4.22. The average Bonchev–Trinajstić information content (AvgIpc) is 2.68. The zero-order valence-electron chi connectivity index (χ0n) is 10.0. The number of aliphatic hydroxyl groups is 3. The van der Waals surface area contributed by atoms with Gasteiger partial charge < -0.3 is 25.8 Å². The van der Waals surface area contributed by atoms with Gasteiger partial charge in [-0.3, -0.25) is 14.2 Å². The van der Waals surface area contributed by atoms with Crippen LogP contribution < -0.4 is 11.3 Å². The number of aliphatic hydroxyl groups excluding tert-OH is 3. The maximum absolute atomic E-state index is 12.0. The fourth-order valence-corrected chi connectivity index (χ4v) is 2.13. The van der Waals surface area contributed by atoms with E-state index in [0.717, 1.165) is 10.8 Å². The predicted molar refractivity (Wildman–Crippen MR) is 65.0 cm³/mol. The molecule has 0 radical (unpaired) electrons. The number of aromatic nitrogens is 2. The van der Waals surface area contributed by atoms with Crippen LogP contribution in [0.5, 0.6) is 0 Å². The molecular weight excluding hydrogens is 294 g/mol. The first-order chi connectivity index (χ1) is 9.36. The highest BCUT2D eigenvalue weighted by atomic mass is 35.5. The van der Waals surface area contributed by atoms with Crippen LogP contribution >= 0.6 is 11.6 Å². The van der Waals surface area contributed by atoms with Crippen molar-refractivity contribution in [3.8, 4) is 0 Å². The summed E-state index contributed by atoms with van der Waals surface area (Å²) < 4.78 is 5.97. The smallest absolute Gasteiger partial charge is 0.284 e. The number of halogens is 1. The normalized spacial score (nSPS) is 29.6. The van der Waals surface area contributed by atoms with Gasteiger partial charge in [0.2, 0.25) is 0 Å². The van der Waals surface area contributed by atoms with Crippen LogP contribution in [0.2, 0.25) is 5.15 Å². The topological polar surface area (TPSA) is 148 Å². The van der Waals surface area contributed by atoms with Gasteiger partial charge in [0.15, 0.2) is 11.9 Å². The van der Waals surface area contributed by atoms with Crippen molar-refractivity contribution in [3.05, 3.63) is 27.4 Å². The summed E-state index contributed by atoms with van der Waals surface area (Å²) in [6, 6.07) is 0. The lowest BCUT2D eigenvalue weighted by Crippen LogP contribution is -2.38. The molecule has 9 nitrogen and oxygen atoms in total. The van der Waals surface area contributed by atoms with Gasteiger partial charge in [0.1, 0.15) is 23.5 Å². The van der Waals surface area contributed by atoms with Gasteiger partial charge >= 0.3 is 0 Å². The highest BCUT2D eigenvalue weighted by Crippen LogP contribution is 2.28. The second-order valence-corrected chi connectivity index (χ2v) is 4.61. The molecule has 1 aliphatic heterocycles. The van der Waals surface area contributed by atoms with Gasteiger partial charge in [0.05, 0.1) is 6.61 Å². The Bertz CT molecular complexity index is 591. The van der Waals surface area contributed by atoms with Crippen molar-refractivity contribution in [1.29, 1.82) is 0 Å². The van der Waals surface area contributed by atoms with Gasteiger partial charge in [-0.05, 0) is 0 Å². The van der Waals surface area contributed by atoms with Crippen molar-refractivity contribution < 1.29 is 24.9 Å². The molecule has 0 aromatic carbocycles. The Morgan fingerprint density at radius 3 is 2.65 bits per heavy atom. The van der Waals surface area contributed by atoms with Crippen molar-refractivity contribution in [1.82, 2.24) is 9.55 Å². The number of amides is 1. The Kier molecular flexibility index (Phi) is 4.06. The Morgan fingerprint density at radius 2 is 2.15 bits per heavy atom. The van der Waals surface area contributed by atoms with Crippen LogP contribution in [0.3, 0.4) is 0 Å². The Hall–Kier alpha value is -1.52. The highest BCUT2D eigenvalue weighted by Gasteiger charge is 2.44. The van der Waals surface area contributed by atoms with E-state index >= 15 is 0 Å². The molecule has 1 aromatic heterocycles. The van der Waals surface area contributed by atoms with Gasteiger partial charge in [-0.2, -0.15) is 0 Å². The summed E-state index contributed by atoms with van der Waals surface area (Å²) in [5.41, 5.74) is 3.47. The number of rotatable bonds is 3. The van der Waals surface area contributed by atoms with E-state index < -0.39 is 48.3 Å². The molecule has 0 saturated carbocycles. The molecule has 0 aliphatic carbocycles. The number of carbonyl (C=O) groups excluding carboxylic acids is 1. The number of nitrogens with two attached hydrogens (primary N) is 1. The zero-order chi connectivity index (χ0) is 15.0. The van der Waals surface area contributed by atoms with E-state index in [2.05, 4.69) is 4.98 Å². The second kappa shape index (κ2) is 5.46. The highest BCUT2D eigenvalue weighted by molar-refractivity contribution is 6.29. The van der Waals surface area contributed by atoms with Gasteiger partial charge in [0.25, 0.3) is 11.5 Å². The zero-order valence-corrected chi connectivity index (χ0v) is 10.8. The summed E-state index contributed by atoms with van der Waals surface area (Å²) in [7, 11) is 0. The third-order valence-corrected chi connectivity index (χ3v) is 3.11. The molecule has 2 rings (SSSR count). The summed E-state index contributed by atoms with van der Waals surface area (Å²) in [6.07, 6.45) is -4.21. The molecule has 10 heteroatoms. The van der Waals surface area contributed by atoms with Gasteiger partial charge in [-0.15, -0.1) is 0 Å². The molecule has 2 heterocycles. The first-order valence-electron chi connectivity index (χ1n) is 5.57. The molecule has 1 aromatic rings. The molecule has 0 bridgehead atoms. The third-order valence-electron chi connectivity index (χ3n) is 2.93. The monoisotopic (exact) mass is 305 g/mol. The fourth-order valence-electron chi connectivity index (χ4n) is 1.94. The lowest BCUT2D eigenvalue weighted by atomic mass is 10.1. The Labute approximate surface area is 117 Å². The van der Waals surface area contributed by atoms with E-state index in [4.69, 9.17) is 27.2 Å². The quantitative estimate of drug-likeness (QED) is 0.487. The van der Waals surface area contributed by atoms with Gasteiger partial charge in [-0.1, -0.05) is 11.6 Å². The van der Waals surface area contributed by atoms with Crippen molar-refractivity contribution in [2.24, 2.45) is 5.73 Å². The molecule has 1 amide bonds. The van der Waals surface area contributed by atoms with Crippen LogP contribution in [-0.2, 0) is 4.74 Å². The number of ether oxygens (including phenoxy) is 1. The largest absolute Gasteiger partial charge is 0.394 e. The van der Waals surface area contributed by atoms with Crippen LogP contribution in [0.15, 0.2) is 11.0 Å². The molecule has 5 N–H and O–H groups in total. The molecule has 20 heavy (non-hydrogen) atoms. The van der Waals surface area contributed by atoms with Crippen LogP contribution in [-0.4, -0.2) is 55.7 Å². The van der Waals surface area contributed by atoms with E-state index in [-0.39, 0.29) is 5.15 Å². The minimum absolute atomic E-state index is 0.212. The van der Waals surface area contributed by atoms with Gasteiger partial charge in [0, 0.05) is 6.20 Å². The summed E-state index contributed by atoms with van der Waals surface area (Å²) in [6.45, 7) is -0.551. The average molecular weight is 306 g/mol. The molecule has 110 valence electrons. The first-order valence-corrected chi connectivity index (χ1v) is 5.95. The summed E-state index contributed by atoms with van der Waals surface area (Å²) in [5.74, 6) is -1.09. The lowest BCUT2D eigenvalue weighted by molar-refractivity contribution is -0.0545. The summed E-state index contributed by atoms with van der Waals surface area (Å²) in [5, 5.41) is 28.2. The van der Waals surface area contributed by atoms with Crippen LogP contribution in [0.25, 0.3) is 0 Å². The lowest BCUT2D eigenvalue weighted by Gasteiger charge is -2.18. The minimum Gasteiger partial charge on any atom is -0.394 e. The summed E-state index contributed by atoms with van der Waals surface area (Å²) >= 11 is 5.67. The first kappa shape index (κ1) is 14.9. The number of carbonyl (C=O) groups is 1. The van der Waals surface area contributed by atoms with E-state index in [1.165, 1.54) is 0 Å². The van der Waals surface area contributed by atoms with Crippen LogP contribution in [0.1, 0.15) is 16.7 Å². The van der Waals surface area contributed by atoms with Crippen LogP contribution in [0, 0.1) is 0 Å². The molecule has 1 aliphatic rings. The summed E-state index contributed by atoms with van der Waals surface area (Å²) in [4.78, 5) is 26.6. The fraction of sp³-hybridized carbons (Fsp3) is 0.500. The predicted octanol–water partition coefficient (Wildman–Crippen LogP) is -2.39. The van der Waals surface area contributed by atoms with Crippen molar-refractivity contribution in [2.75, 3.05) is 6.61 Å². The number of hydrogen-bond donors (Lipinski definition) is 4. The van der Waals surface area contributed by atoms with E-state index in [1.54, 1.807) is 0 Å². The van der Waals surface area contributed by atoms with Crippen molar-refractivity contribution in [3.63, 3.8) is 0 Å². The number of nitrogens with zero attached hydrogens (tertiary/aromatic N) is 2. The SMILES string of the molecule is NC(=O)c1nc(Cl)cn([C@@H]2O[C@H](CO)[C@H](O)[C@@H]2O)c1=O. The van der Waals surface area contributed by atoms with E-state index in [9.17, 15) is 19.8 Å².